The van der Waals surface area contributed by atoms with Gasteiger partial charge in [-0.05, 0) is 55.7 Å². The van der Waals surface area contributed by atoms with E-state index in [0.29, 0.717) is 6.54 Å². The molecule has 0 bridgehead atoms. The van der Waals surface area contributed by atoms with E-state index in [1.165, 1.54) is 42.4 Å². The molecule has 1 aliphatic carbocycles. The zero-order valence-corrected chi connectivity index (χ0v) is 11.7. The number of nitrogens with one attached hydrogen (secondary N) is 1. The summed E-state index contributed by atoms with van der Waals surface area (Å²) in [5.74, 6) is 0.150. The second kappa shape index (κ2) is 5.85. The predicted molar refractivity (Wildman–Crippen MR) is 74.3 cm³/mol. The monoisotopic (exact) mass is 267 g/mol. The quantitative estimate of drug-likeness (QED) is 0.887. The van der Waals surface area contributed by atoms with Crippen LogP contribution in [-0.4, -0.2) is 20.7 Å². The summed E-state index contributed by atoms with van der Waals surface area (Å²) in [5, 5.41) is 0. The van der Waals surface area contributed by atoms with Crippen molar-refractivity contribution in [2.75, 3.05) is 12.3 Å². The van der Waals surface area contributed by atoms with Crippen LogP contribution in [-0.2, 0) is 29.3 Å². The minimum absolute atomic E-state index is 0.150. The normalized spacial score (nSPS) is 15.4. The van der Waals surface area contributed by atoms with Gasteiger partial charge in [0.1, 0.15) is 0 Å². The van der Waals surface area contributed by atoms with Gasteiger partial charge in [0.05, 0.1) is 5.75 Å². The highest BCUT2D eigenvalue weighted by Gasteiger charge is 2.10. The van der Waals surface area contributed by atoms with Crippen LogP contribution < -0.4 is 4.72 Å². The van der Waals surface area contributed by atoms with Crippen molar-refractivity contribution in [2.45, 2.75) is 39.0 Å². The van der Waals surface area contributed by atoms with Crippen molar-refractivity contribution in [3.8, 4) is 0 Å². The van der Waals surface area contributed by atoms with Crippen LogP contribution >= 0.6 is 0 Å². The molecule has 3 nitrogen and oxygen atoms in total. The van der Waals surface area contributed by atoms with Gasteiger partial charge < -0.3 is 0 Å². The molecule has 4 heteroatoms. The number of fused-ring (bicyclic) bond motifs is 1. The van der Waals surface area contributed by atoms with Gasteiger partial charge in [0.2, 0.25) is 10.0 Å². The van der Waals surface area contributed by atoms with Crippen LogP contribution in [0.3, 0.4) is 0 Å². The molecule has 0 spiro atoms. The second-order valence-corrected chi connectivity index (χ2v) is 6.95. The Kier molecular flexibility index (Phi) is 4.40. The van der Waals surface area contributed by atoms with Gasteiger partial charge in [-0.25, -0.2) is 13.1 Å². The van der Waals surface area contributed by atoms with Crippen molar-refractivity contribution in [3.05, 3.63) is 34.9 Å². The van der Waals surface area contributed by atoms with E-state index in [9.17, 15) is 8.42 Å². The van der Waals surface area contributed by atoms with Gasteiger partial charge in [-0.3, -0.25) is 0 Å². The molecule has 0 unspecified atom stereocenters. The maximum atomic E-state index is 11.3. The lowest BCUT2D eigenvalue weighted by atomic mass is 9.90. The lowest BCUT2D eigenvalue weighted by molar-refractivity contribution is 0.583. The second-order valence-electron chi connectivity index (χ2n) is 4.86. The van der Waals surface area contributed by atoms with Crippen LogP contribution in [0.4, 0.5) is 0 Å². The zero-order valence-electron chi connectivity index (χ0n) is 10.9. The average Bonchev–Trinajstić information content (AvgIpc) is 2.38. The lowest BCUT2D eigenvalue weighted by Crippen LogP contribution is -2.27. The third kappa shape index (κ3) is 3.56. The van der Waals surface area contributed by atoms with Gasteiger partial charge in [-0.1, -0.05) is 18.2 Å². The van der Waals surface area contributed by atoms with Gasteiger partial charge in [0, 0.05) is 6.54 Å². The number of hydrogen-bond donors (Lipinski definition) is 1. The van der Waals surface area contributed by atoms with E-state index in [1.54, 1.807) is 6.92 Å². The maximum absolute atomic E-state index is 11.3. The molecule has 1 aliphatic rings. The third-order valence-electron chi connectivity index (χ3n) is 3.53. The highest BCUT2D eigenvalue weighted by molar-refractivity contribution is 7.89. The van der Waals surface area contributed by atoms with E-state index in [4.69, 9.17) is 0 Å². The summed E-state index contributed by atoms with van der Waals surface area (Å²) in [6, 6.07) is 6.58. The topological polar surface area (TPSA) is 46.2 Å². The van der Waals surface area contributed by atoms with Crippen molar-refractivity contribution in [2.24, 2.45) is 0 Å². The van der Waals surface area contributed by atoms with E-state index in [1.807, 2.05) is 0 Å². The molecule has 0 amide bonds. The molecule has 0 saturated heterocycles. The first kappa shape index (κ1) is 13.6. The predicted octanol–water partition coefficient (Wildman–Crippen LogP) is 2.05. The molecule has 0 heterocycles. The molecular weight excluding hydrogens is 246 g/mol. The molecule has 1 aromatic rings. The SMILES string of the molecule is CCS(=O)(=O)NCCc1ccc2c(c1)CCCC2. The summed E-state index contributed by atoms with van der Waals surface area (Å²) in [4.78, 5) is 0. The zero-order chi connectivity index (χ0) is 13.0. The molecule has 1 N–H and O–H groups in total. The van der Waals surface area contributed by atoms with Gasteiger partial charge >= 0.3 is 0 Å². The lowest BCUT2D eigenvalue weighted by Gasteiger charge is -2.16. The summed E-state index contributed by atoms with van der Waals surface area (Å²) < 4.78 is 25.2. The Morgan fingerprint density at radius 3 is 2.61 bits per heavy atom. The fourth-order valence-corrected chi connectivity index (χ4v) is 3.01. The molecular formula is C14H21NO2S. The maximum Gasteiger partial charge on any atom is 0.211 e. The third-order valence-corrected chi connectivity index (χ3v) is 4.93. The Morgan fingerprint density at radius 1 is 1.17 bits per heavy atom. The van der Waals surface area contributed by atoms with Gasteiger partial charge in [-0.2, -0.15) is 0 Å². The van der Waals surface area contributed by atoms with Crippen LogP contribution in [0.5, 0.6) is 0 Å². The number of sulfonamides is 1. The van der Waals surface area contributed by atoms with Crippen LogP contribution in [0, 0.1) is 0 Å². The number of rotatable bonds is 5. The Hall–Kier alpha value is -0.870. The first-order valence-electron chi connectivity index (χ1n) is 6.69. The van der Waals surface area contributed by atoms with Crippen LogP contribution in [0.15, 0.2) is 18.2 Å². The average molecular weight is 267 g/mol. The van der Waals surface area contributed by atoms with Crippen molar-refractivity contribution < 1.29 is 8.42 Å². The van der Waals surface area contributed by atoms with Gasteiger partial charge in [0.15, 0.2) is 0 Å². The first-order chi connectivity index (χ1) is 8.61. The highest BCUT2D eigenvalue weighted by Crippen LogP contribution is 2.22. The fourth-order valence-electron chi connectivity index (χ4n) is 2.40. The van der Waals surface area contributed by atoms with Gasteiger partial charge in [0.25, 0.3) is 0 Å². The molecule has 1 aromatic carbocycles. The number of hydrogen-bond acceptors (Lipinski definition) is 2. The van der Waals surface area contributed by atoms with E-state index in [0.717, 1.165) is 6.42 Å². The Balaban J connectivity index is 1.94. The van der Waals surface area contributed by atoms with E-state index >= 15 is 0 Å². The van der Waals surface area contributed by atoms with Crippen molar-refractivity contribution in [3.63, 3.8) is 0 Å². The minimum Gasteiger partial charge on any atom is -0.215 e. The van der Waals surface area contributed by atoms with E-state index < -0.39 is 10.0 Å². The summed E-state index contributed by atoms with van der Waals surface area (Å²) in [6.07, 6.45) is 5.70. The largest absolute Gasteiger partial charge is 0.215 e. The summed E-state index contributed by atoms with van der Waals surface area (Å²) in [7, 11) is -3.06. The summed E-state index contributed by atoms with van der Waals surface area (Å²) >= 11 is 0. The number of benzene rings is 1. The summed E-state index contributed by atoms with van der Waals surface area (Å²) in [5.41, 5.74) is 4.16. The van der Waals surface area contributed by atoms with Crippen molar-refractivity contribution in [1.82, 2.24) is 4.72 Å². The molecule has 0 saturated carbocycles. The van der Waals surface area contributed by atoms with E-state index in [2.05, 4.69) is 22.9 Å². The van der Waals surface area contributed by atoms with E-state index in [-0.39, 0.29) is 5.75 Å². The molecule has 2 rings (SSSR count). The highest BCUT2D eigenvalue weighted by atomic mass is 32.2. The first-order valence-corrected chi connectivity index (χ1v) is 8.34. The molecule has 0 atom stereocenters. The fraction of sp³-hybridized carbons (Fsp3) is 0.571. The molecule has 0 radical (unpaired) electrons. The Bertz CT molecular complexity index is 509. The van der Waals surface area contributed by atoms with Crippen LogP contribution in [0.1, 0.15) is 36.5 Å². The summed E-state index contributed by atoms with van der Waals surface area (Å²) in [6.45, 7) is 2.15. The molecule has 0 aromatic heterocycles. The van der Waals surface area contributed by atoms with Crippen LogP contribution in [0.2, 0.25) is 0 Å². The molecule has 18 heavy (non-hydrogen) atoms. The Labute approximate surface area is 110 Å². The smallest absolute Gasteiger partial charge is 0.211 e. The molecule has 0 aliphatic heterocycles. The molecule has 0 fully saturated rings. The van der Waals surface area contributed by atoms with Crippen molar-refractivity contribution >= 4 is 10.0 Å². The standard InChI is InChI=1S/C14H21NO2S/c1-2-18(16,17)15-10-9-12-7-8-13-5-3-4-6-14(13)11-12/h7-8,11,15H,2-6,9-10H2,1H3. The van der Waals surface area contributed by atoms with Crippen molar-refractivity contribution in [1.29, 1.82) is 0 Å². The van der Waals surface area contributed by atoms with Crippen LogP contribution in [0.25, 0.3) is 0 Å². The minimum atomic E-state index is -3.06. The number of aryl methyl sites for hydroxylation is 2. The Morgan fingerprint density at radius 2 is 1.89 bits per heavy atom. The molecule has 100 valence electrons. The van der Waals surface area contributed by atoms with Gasteiger partial charge in [-0.15, -0.1) is 0 Å².